The molecule has 13 nitrogen and oxygen atoms in total. The van der Waals surface area contributed by atoms with Crippen molar-refractivity contribution in [2.45, 2.75) is 97.8 Å². The summed E-state index contributed by atoms with van der Waals surface area (Å²) >= 11 is 0. The summed E-state index contributed by atoms with van der Waals surface area (Å²) in [5.74, 6) is -2.72. The third kappa shape index (κ3) is 7.70. The molecular formula is C31H50N6O7S. The number of nitrogens with zero attached hydrogens (tertiary/aromatic N) is 2. The van der Waals surface area contributed by atoms with Crippen molar-refractivity contribution in [1.29, 1.82) is 0 Å². The van der Waals surface area contributed by atoms with Gasteiger partial charge in [-0.25, -0.2) is 13.2 Å². The number of carbonyl (C=O) groups is 5. The highest BCUT2D eigenvalue weighted by Crippen LogP contribution is 2.65. The molecular weight excluding hydrogens is 600 g/mol. The molecule has 0 spiro atoms. The first-order valence-electron chi connectivity index (χ1n) is 15.9. The van der Waals surface area contributed by atoms with Crippen molar-refractivity contribution in [3.63, 3.8) is 0 Å². The SMILES string of the molecule is C=C(C)[C@@H](CN1CCCCS1(=O)=O)NC(=O)N[C@H](C(=O)N1C[C@H]2[C@@H]([C@H]1C(=O)NC(CC1CC1)C(=O)C(N)=O)C2(C)C)C(C)(C)C. The molecule has 6 atom stereocenters. The number of likely N-dealkylation sites (tertiary alicyclic amines) is 1. The van der Waals surface area contributed by atoms with Crippen LogP contribution in [0, 0.1) is 28.6 Å². The van der Waals surface area contributed by atoms with Gasteiger partial charge in [-0.15, -0.1) is 0 Å². The lowest BCUT2D eigenvalue weighted by molar-refractivity contribution is -0.145. The van der Waals surface area contributed by atoms with Gasteiger partial charge in [-0.1, -0.05) is 59.6 Å². The van der Waals surface area contributed by atoms with Gasteiger partial charge in [-0.3, -0.25) is 19.2 Å². The summed E-state index contributed by atoms with van der Waals surface area (Å²) in [5.41, 5.74) is 4.88. The Morgan fingerprint density at radius 2 is 1.67 bits per heavy atom. The first kappa shape index (κ1) is 34.9. The molecule has 2 heterocycles. The average molecular weight is 651 g/mol. The van der Waals surface area contributed by atoms with Crippen molar-refractivity contribution >= 4 is 39.6 Å². The van der Waals surface area contributed by atoms with Crippen LogP contribution in [-0.2, 0) is 29.2 Å². The van der Waals surface area contributed by atoms with E-state index in [9.17, 15) is 32.4 Å². The number of fused-ring (bicyclic) bond motifs is 1. The standard InChI is InChI=1S/C31H50N6O7S/c1-17(2)21(16-36-12-8-9-13-45(36,43)44)34-29(42)35-25(30(3,4)5)28(41)37-15-19-22(31(19,6)7)23(37)27(40)33-20(14-18-10-11-18)24(38)26(32)39/h18-23,25H,1,8-16H2,2-7H3,(H2,32,39)(H,33,40)(H2,34,35,42)/t19-,20?,21+,22-,23-,25+/m0/s1. The van der Waals surface area contributed by atoms with Crippen LogP contribution in [0.1, 0.15) is 73.6 Å². The van der Waals surface area contributed by atoms with Crippen molar-refractivity contribution in [3.05, 3.63) is 12.2 Å². The van der Waals surface area contributed by atoms with Crippen LogP contribution in [0.2, 0.25) is 0 Å². The summed E-state index contributed by atoms with van der Waals surface area (Å²) in [6.07, 6.45) is 3.46. The Morgan fingerprint density at radius 1 is 1.02 bits per heavy atom. The molecule has 0 aromatic rings. The summed E-state index contributed by atoms with van der Waals surface area (Å²) in [5, 5.41) is 8.35. The predicted octanol–water partition coefficient (Wildman–Crippen LogP) is 0.893. The zero-order chi connectivity index (χ0) is 33.6. The number of nitrogens with one attached hydrogen (secondary N) is 3. The quantitative estimate of drug-likeness (QED) is 0.178. The molecule has 5 amide bonds. The van der Waals surface area contributed by atoms with Crippen LogP contribution in [0.4, 0.5) is 4.79 Å². The number of sulfonamides is 1. The molecule has 0 radical (unpaired) electrons. The minimum atomic E-state index is -3.43. The minimum absolute atomic E-state index is 0.0398. The lowest BCUT2D eigenvalue weighted by atomic mass is 9.85. The Labute approximate surface area is 266 Å². The number of nitrogens with two attached hydrogens (primary N) is 1. The number of urea groups is 1. The van der Waals surface area contributed by atoms with Crippen LogP contribution < -0.4 is 21.7 Å². The summed E-state index contributed by atoms with van der Waals surface area (Å²) in [6, 6.07) is -4.31. The molecule has 5 N–H and O–H groups in total. The van der Waals surface area contributed by atoms with Gasteiger partial charge in [0.1, 0.15) is 12.1 Å². The zero-order valence-electron chi connectivity index (χ0n) is 27.4. The van der Waals surface area contributed by atoms with Gasteiger partial charge < -0.3 is 26.6 Å². The zero-order valence-corrected chi connectivity index (χ0v) is 28.2. The summed E-state index contributed by atoms with van der Waals surface area (Å²) < 4.78 is 26.5. The topological polar surface area (TPSA) is 188 Å². The summed E-state index contributed by atoms with van der Waals surface area (Å²) in [7, 11) is -3.43. The number of Topliss-reactive ketones (excluding diaryl/α,β-unsaturated/α-hetero) is 1. The molecule has 252 valence electrons. The molecule has 0 aromatic carbocycles. The molecule has 4 rings (SSSR count). The second kappa shape index (κ2) is 12.7. The van der Waals surface area contributed by atoms with Crippen molar-refractivity contribution in [2.75, 3.05) is 25.4 Å². The van der Waals surface area contributed by atoms with Crippen molar-refractivity contribution < 1.29 is 32.4 Å². The lowest BCUT2D eigenvalue weighted by Gasteiger charge is -2.38. The Balaban J connectivity index is 1.50. The van der Waals surface area contributed by atoms with E-state index >= 15 is 0 Å². The van der Waals surface area contributed by atoms with Crippen molar-refractivity contribution in [3.8, 4) is 0 Å². The van der Waals surface area contributed by atoms with Crippen LogP contribution in [0.15, 0.2) is 12.2 Å². The van der Waals surface area contributed by atoms with Crippen LogP contribution in [-0.4, -0.2) is 96.7 Å². The normalized spacial score (nSPS) is 27.3. The number of rotatable bonds is 12. The highest BCUT2D eigenvalue weighted by molar-refractivity contribution is 7.89. The van der Waals surface area contributed by atoms with E-state index in [1.165, 1.54) is 9.21 Å². The molecule has 2 saturated carbocycles. The van der Waals surface area contributed by atoms with E-state index in [4.69, 9.17) is 5.73 Å². The number of primary amides is 1. The Hall–Kier alpha value is -3.00. The molecule has 14 heteroatoms. The third-order valence-electron chi connectivity index (χ3n) is 10.0. The van der Waals surface area contributed by atoms with E-state index in [0.717, 1.165) is 19.3 Å². The van der Waals surface area contributed by atoms with E-state index in [0.29, 0.717) is 31.5 Å². The molecule has 4 aliphatic rings. The maximum Gasteiger partial charge on any atom is 0.315 e. The molecule has 0 aromatic heterocycles. The molecule has 4 fully saturated rings. The van der Waals surface area contributed by atoms with Crippen LogP contribution in [0.5, 0.6) is 0 Å². The van der Waals surface area contributed by atoms with E-state index in [-0.39, 0.29) is 35.5 Å². The molecule has 2 aliphatic heterocycles. The van der Waals surface area contributed by atoms with Crippen LogP contribution >= 0.6 is 0 Å². The van der Waals surface area contributed by atoms with E-state index in [2.05, 4.69) is 22.5 Å². The van der Waals surface area contributed by atoms with Gasteiger partial charge in [-0.05, 0) is 54.8 Å². The third-order valence-corrected chi connectivity index (χ3v) is 12.0. The van der Waals surface area contributed by atoms with Gasteiger partial charge >= 0.3 is 6.03 Å². The second-order valence-corrected chi connectivity index (χ2v) is 17.1. The number of ketones is 1. The highest BCUT2D eigenvalue weighted by atomic mass is 32.2. The highest BCUT2D eigenvalue weighted by Gasteiger charge is 2.70. The first-order valence-corrected chi connectivity index (χ1v) is 17.5. The van der Waals surface area contributed by atoms with Gasteiger partial charge in [0.15, 0.2) is 0 Å². The smallest absolute Gasteiger partial charge is 0.315 e. The van der Waals surface area contributed by atoms with Crippen LogP contribution in [0.25, 0.3) is 0 Å². The van der Waals surface area contributed by atoms with Gasteiger partial charge in [0.05, 0.1) is 17.8 Å². The van der Waals surface area contributed by atoms with Gasteiger partial charge in [0.25, 0.3) is 5.91 Å². The number of carbonyl (C=O) groups excluding carboxylic acids is 5. The van der Waals surface area contributed by atoms with Gasteiger partial charge in [0, 0.05) is 19.6 Å². The largest absolute Gasteiger partial charge is 0.363 e. The van der Waals surface area contributed by atoms with Crippen LogP contribution in [0.3, 0.4) is 0 Å². The number of hydrogen-bond donors (Lipinski definition) is 4. The van der Waals surface area contributed by atoms with E-state index in [1.54, 1.807) is 27.7 Å². The number of amides is 5. The summed E-state index contributed by atoms with van der Waals surface area (Å²) in [6.45, 7) is 15.8. The van der Waals surface area contributed by atoms with Gasteiger partial charge in [-0.2, -0.15) is 4.31 Å². The first-order chi connectivity index (χ1) is 20.8. The maximum absolute atomic E-state index is 14.2. The monoisotopic (exact) mass is 650 g/mol. The fourth-order valence-corrected chi connectivity index (χ4v) is 8.49. The van der Waals surface area contributed by atoms with E-state index in [1.807, 2.05) is 13.8 Å². The average Bonchev–Trinajstić information content (AvgIpc) is 3.77. The Bertz CT molecular complexity index is 1350. The predicted molar refractivity (Wildman–Crippen MR) is 168 cm³/mol. The number of piperidine rings is 1. The minimum Gasteiger partial charge on any atom is -0.363 e. The van der Waals surface area contributed by atoms with Gasteiger partial charge in [0.2, 0.25) is 27.6 Å². The molecule has 1 unspecified atom stereocenters. The lowest BCUT2D eigenvalue weighted by Crippen LogP contribution is -2.62. The number of hydrogen-bond acceptors (Lipinski definition) is 7. The van der Waals surface area contributed by atoms with Crippen molar-refractivity contribution in [2.24, 2.45) is 34.3 Å². The summed E-state index contributed by atoms with van der Waals surface area (Å²) in [4.78, 5) is 67.2. The molecule has 2 aliphatic carbocycles. The Kier molecular flexibility index (Phi) is 9.80. The Morgan fingerprint density at radius 3 is 2.20 bits per heavy atom. The van der Waals surface area contributed by atoms with Crippen molar-refractivity contribution in [1.82, 2.24) is 25.2 Å². The molecule has 45 heavy (non-hydrogen) atoms. The molecule has 2 saturated heterocycles. The second-order valence-electron chi connectivity index (χ2n) is 15.1. The van der Waals surface area contributed by atoms with E-state index < -0.39 is 69.1 Å². The fraction of sp³-hybridized carbons (Fsp3) is 0.774. The molecule has 0 bridgehead atoms. The fourth-order valence-electron chi connectivity index (χ4n) is 6.88. The maximum atomic E-state index is 14.2.